The molecule has 1 aromatic heterocycles. The Morgan fingerprint density at radius 3 is 2.68 bits per heavy atom. The Hall–Kier alpha value is -2.07. The van der Waals surface area contributed by atoms with Crippen molar-refractivity contribution in [3.63, 3.8) is 0 Å². The molecule has 0 aliphatic carbocycles. The maximum Gasteiger partial charge on any atom is 0.183 e. The minimum absolute atomic E-state index is 0.898. The molecule has 0 aliphatic rings. The average Bonchev–Trinajstić information content (AvgIpc) is 2.82. The number of fused-ring (bicyclic) bond motifs is 1. The number of hydrogen-bond donors (Lipinski definition) is 2. The van der Waals surface area contributed by atoms with Gasteiger partial charge in [-0.3, -0.25) is 0 Å². The van der Waals surface area contributed by atoms with E-state index >= 15 is 0 Å². The van der Waals surface area contributed by atoms with Gasteiger partial charge in [0.2, 0.25) is 0 Å². The van der Waals surface area contributed by atoms with E-state index in [4.69, 9.17) is 0 Å². The van der Waals surface area contributed by atoms with E-state index in [2.05, 4.69) is 52.9 Å². The molecular weight excluding hydrogens is 254 g/mol. The van der Waals surface area contributed by atoms with Gasteiger partial charge in [-0.25, -0.2) is 4.98 Å². The molecule has 0 amide bonds. The van der Waals surface area contributed by atoms with Gasteiger partial charge in [0.15, 0.2) is 5.13 Å². The largest absolute Gasteiger partial charge is 0.362 e. The SMILES string of the molecule is CCNc1nc2ccc(Nc3ccccc3)cc2s1. The summed E-state index contributed by atoms with van der Waals surface area (Å²) in [4.78, 5) is 4.53. The fraction of sp³-hybridized carbons (Fsp3) is 0.133. The Balaban J connectivity index is 1.88. The summed E-state index contributed by atoms with van der Waals surface area (Å²) in [5, 5.41) is 7.63. The lowest BCUT2D eigenvalue weighted by molar-refractivity contribution is 1.20. The predicted molar refractivity (Wildman–Crippen MR) is 83.5 cm³/mol. The molecule has 19 heavy (non-hydrogen) atoms. The zero-order valence-corrected chi connectivity index (χ0v) is 11.5. The highest BCUT2D eigenvalue weighted by Gasteiger charge is 2.04. The van der Waals surface area contributed by atoms with Crippen LogP contribution in [0.5, 0.6) is 0 Å². The predicted octanol–water partition coefficient (Wildman–Crippen LogP) is 4.47. The number of aromatic nitrogens is 1. The van der Waals surface area contributed by atoms with E-state index in [1.54, 1.807) is 11.3 Å². The molecule has 3 rings (SSSR count). The monoisotopic (exact) mass is 269 g/mol. The van der Waals surface area contributed by atoms with Crippen molar-refractivity contribution < 1.29 is 0 Å². The van der Waals surface area contributed by atoms with Crippen molar-refractivity contribution in [2.75, 3.05) is 17.2 Å². The molecule has 2 aromatic carbocycles. The minimum atomic E-state index is 0.898. The van der Waals surface area contributed by atoms with Gasteiger partial charge in [0.1, 0.15) is 0 Å². The first kappa shape index (κ1) is 12.0. The lowest BCUT2D eigenvalue weighted by atomic mass is 10.2. The molecule has 0 radical (unpaired) electrons. The Kier molecular flexibility index (Phi) is 3.33. The zero-order valence-electron chi connectivity index (χ0n) is 10.7. The van der Waals surface area contributed by atoms with Crippen molar-refractivity contribution in [2.45, 2.75) is 6.92 Å². The lowest BCUT2D eigenvalue weighted by Gasteiger charge is -2.05. The molecule has 0 fully saturated rings. The molecule has 0 spiro atoms. The van der Waals surface area contributed by atoms with Crippen LogP contribution < -0.4 is 10.6 Å². The second-order valence-electron chi connectivity index (χ2n) is 4.22. The Morgan fingerprint density at radius 1 is 1.05 bits per heavy atom. The molecule has 0 saturated heterocycles. The smallest absolute Gasteiger partial charge is 0.183 e. The van der Waals surface area contributed by atoms with Crippen LogP contribution in [-0.2, 0) is 0 Å². The number of thiazole rings is 1. The van der Waals surface area contributed by atoms with Crippen LogP contribution in [0, 0.1) is 0 Å². The summed E-state index contributed by atoms with van der Waals surface area (Å²) in [5.74, 6) is 0. The van der Waals surface area contributed by atoms with E-state index in [9.17, 15) is 0 Å². The Bertz CT molecular complexity index is 676. The van der Waals surface area contributed by atoms with Gasteiger partial charge in [0.05, 0.1) is 10.2 Å². The maximum atomic E-state index is 4.53. The van der Waals surface area contributed by atoms with Crippen molar-refractivity contribution in [2.24, 2.45) is 0 Å². The van der Waals surface area contributed by atoms with E-state index in [1.165, 1.54) is 4.70 Å². The van der Waals surface area contributed by atoms with Crippen LogP contribution in [0.15, 0.2) is 48.5 Å². The molecule has 0 atom stereocenters. The van der Waals surface area contributed by atoms with E-state index in [0.29, 0.717) is 0 Å². The number of para-hydroxylation sites is 1. The third-order valence-corrected chi connectivity index (χ3v) is 3.75. The summed E-state index contributed by atoms with van der Waals surface area (Å²) >= 11 is 1.68. The number of nitrogens with zero attached hydrogens (tertiary/aromatic N) is 1. The molecule has 0 aliphatic heterocycles. The quantitative estimate of drug-likeness (QED) is 0.733. The van der Waals surface area contributed by atoms with Gasteiger partial charge in [0.25, 0.3) is 0 Å². The number of rotatable bonds is 4. The van der Waals surface area contributed by atoms with Gasteiger partial charge >= 0.3 is 0 Å². The van der Waals surface area contributed by atoms with Crippen LogP contribution in [0.2, 0.25) is 0 Å². The Morgan fingerprint density at radius 2 is 1.89 bits per heavy atom. The first-order valence-corrected chi connectivity index (χ1v) is 7.13. The topological polar surface area (TPSA) is 37.0 Å². The number of anilines is 3. The van der Waals surface area contributed by atoms with E-state index in [-0.39, 0.29) is 0 Å². The minimum Gasteiger partial charge on any atom is -0.362 e. The standard InChI is InChI=1S/C15H15N3S/c1-2-16-15-18-13-9-8-12(10-14(13)19-15)17-11-6-4-3-5-7-11/h3-10,17H,2H2,1H3,(H,16,18). The fourth-order valence-corrected chi connectivity index (χ4v) is 2.89. The van der Waals surface area contributed by atoms with Crippen molar-refractivity contribution in [1.29, 1.82) is 0 Å². The van der Waals surface area contributed by atoms with Gasteiger partial charge in [-0.15, -0.1) is 0 Å². The summed E-state index contributed by atoms with van der Waals surface area (Å²) in [6, 6.07) is 16.4. The summed E-state index contributed by atoms with van der Waals surface area (Å²) in [5.41, 5.74) is 3.23. The van der Waals surface area contributed by atoms with E-state index < -0.39 is 0 Å². The molecular formula is C15H15N3S. The van der Waals surface area contributed by atoms with Crippen LogP contribution in [-0.4, -0.2) is 11.5 Å². The molecule has 2 N–H and O–H groups in total. The van der Waals surface area contributed by atoms with Crippen LogP contribution >= 0.6 is 11.3 Å². The number of nitrogens with one attached hydrogen (secondary N) is 2. The third-order valence-electron chi connectivity index (χ3n) is 2.78. The van der Waals surface area contributed by atoms with Crippen LogP contribution in [0.4, 0.5) is 16.5 Å². The summed E-state index contributed by atoms with van der Waals surface area (Å²) < 4.78 is 1.19. The molecule has 4 heteroatoms. The number of benzene rings is 2. The molecule has 3 nitrogen and oxygen atoms in total. The molecule has 0 bridgehead atoms. The molecule has 1 heterocycles. The highest BCUT2D eigenvalue weighted by molar-refractivity contribution is 7.22. The van der Waals surface area contributed by atoms with Gasteiger partial charge in [-0.1, -0.05) is 29.5 Å². The summed E-state index contributed by atoms with van der Waals surface area (Å²) in [7, 11) is 0. The average molecular weight is 269 g/mol. The van der Waals surface area contributed by atoms with Gasteiger partial charge in [0, 0.05) is 17.9 Å². The first-order chi connectivity index (χ1) is 9.35. The van der Waals surface area contributed by atoms with Gasteiger partial charge in [-0.2, -0.15) is 0 Å². The van der Waals surface area contributed by atoms with Crippen LogP contribution in [0.3, 0.4) is 0 Å². The van der Waals surface area contributed by atoms with Crippen molar-refractivity contribution in [1.82, 2.24) is 4.98 Å². The molecule has 0 saturated carbocycles. The second-order valence-corrected chi connectivity index (χ2v) is 5.25. The highest BCUT2D eigenvalue weighted by Crippen LogP contribution is 2.29. The van der Waals surface area contributed by atoms with E-state index in [1.807, 2.05) is 18.2 Å². The third kappa shape index (κ3) is 2.69. The summed E-state index contributed by atoms with van der Waals surface area (Å²) in [6.07, 6.45) is 0. The Labute approximate surface area is 116 Å². The normalized spacial score (nSPS) is 10.6. The van der Waals surface area contributed by atoms with Gasteiger partial charge in [-0.05, 0) is 37.3 Å². The molecule has 96 valence electrons. The molecule has 0 unspecified atom stereocenters. The van der Waals surface area contributed by atoms with Crippen molar-refractivity contribution in [3.05, 3.63) is 48.5 Å². The lowest BCUT2D eigenvalue weighted by Crippen LogP contribution is -1.94. The second kappa shape index (κ2) is 5.28. The zero-order chi connectivity index (χ0) is 13.1. The van der Waals surface area contributed by atoms with Gasteiger partial charge < -0.3 is 10.6 Å². The maximum absolute atomic E-state index is 4.53. The van der Waals surface area contributed by atoms with E-state index in [0.717, 1.165) is 28.6 Å². The van der Waals surface area contributed by atoms with Crippen molar-refractivity contribution in [3.8, 4) is 0 Å². The summed E-state index contributed by atoms with van der Waals surface area (Å²) in [6.45, 7) is 2.98. The first-order valence-electron chi connectivity index (χ1n) is 6.31. The highest BCUT2D eigenvalue weighted by atomic mass is 32.1. The molecule has 3 aromatic rings. The van der Waals surface area contributed by atoms with Crippen LogP contribution in [0.25, 0.3) is 10.2 Å². The van der Waals surface area contributed by atoms with Crippen molar-refractivity contribution >= 4 is 38.1 Å². The fourth-order valence-electron chi connectivity index (χ4n) is 1.92. The van der Waals surface area contributed by atoms with Crippen LogP contribution in [0.1, 0.15) is 6.92 Å². The number of hydrogen-bond acceptors (Lipinski definition) is 4.